The number of hydrogen-bond donors (Lipinski definition) is 1. The summed E-state index contributed by atoms with van der Waals surface area (Å²) in [7, 11) is 1.60. The zero-order valence-electron chi connectivity index (χ0n) is 14.5. The van der Waals surface area contributed by atoms with E-state index in [1.165, 1.54) is 11.1 Å². The minimum Gasteiger partial charge on any atom is -0.510 e. The monoisotopic (exact) mass is 341 g/mol. The van der Waals surface area contributed by atoms with E-state index in [0.717, 1.165) is 42.0 Å². The van der Waals surface area contributed by atoms with Crippen LogP contribution in [0, 0.1) is 0 Å². The topological polar surface area (TPSA) is 51.2 Å². The molecule has 1 unspecified atom stereocenters. The quantitative estimate of drug-likeness (QED) is 0.855. The third kappa shape index (κ3) is 2.83. The zero-order valence-corrected chi connectivity index (χ0v) is 14.5. The molecule has 1 aromatic carbocycles. The van der Waals surface area contributed by atoms with Crippen molar-refractivity contribution in [1.82, 2.24) is 4.90 Å². The summed E-state index contributed by atoms with van der Waals surface area (Å²) in [4.78, 5) is 2.42. The molecular formula is C20H23NO4. The Morgan fingerprint density at radius 1 is 1.40 bits per heavy atom. The average Bonchev–Trinajstić information content (AvgIpc) is 3.07. The molecule has 3 aliphatic heterocycles. The van der Waals surface area contributed by atoms with Crippen LogP contribution in [0.4, 0.5) is 0 Å². The molecular weight excluding hydrogens is 318 g/mol. The molecule has 5 nitrogen and oxygen atoms in total. The fraction of sp³-hybridized carbons (Fsp3) is 0.400. The highest BCUT2D eigenvalue weighted by Gasteiger charge is 2.35. The van der Waals surface area contributed by atoms with Gasteiger partial charge >= 0.3 is 0 Å². The predicted molar refractivity (Wildman–Crippen MR) is 95.0 cm³/mol. The summed E-state index contributed by atoms with van der Waals surface area (Å²) in [5.74, 6) is 1.99. The smallest absolute Gasteiger partial charge is 0.231 e. The molecule has 3 heterocycles. The van der Waals surface area contributed by atoms with Crippen LogP contribution in [0.25, 0.3) is 0 Å². The van der Waals surface area contributed by atoms with Gasteiger partial charge in [0.25, 0.3) is 0 Å². The summed E-state index contributed by atoms with van der Waals surface area (Å²) < 4.78 is 16.2. The Kier molecular flexibility index (Phi) is 4.27. The van der Waals surface area contributed by atoms with Crippen molar-refractivity contribution in [2.75, 3.05) is 33.6 Å². The van der Waals surface area contributed by atoms with Gasteiger partial charge in [-0.05, 0) is 41.7 Å². The van der Waals surface area contributed by atoms with E-state index < -0.39 is 0 Å². The number of benzene rings is 1. The summed E-state index contributed by atoms with van der Waals surface area (Å²) in [6.45, 7) is 6.04. The van der Waals surface area contributed by atoms with Crippen molar-refractivity contribution in [3.8, 4) is 11.5 Å². The lowest BCUT2D eigenvalue weighted by Gasteiger charge is -2.42. The second-order valence-electron chi connectivity index (χ2n) is 6.63. The molecule has 0 aromatic heterocycles. The van der Waals surface area contributed by atoms with Crippen molar-refractivity contribution >= 4 is 0 Å². The molecule has 25 heavy (non-hydrogen) atoms. The summed E-state index contributed by atoms with van der Waals surface area (Å²) >= 11 is 0. The fourth-order valence-corrected chi connectivity index (χ4v) is 4.02. The van der Waals surface area contributed by atoms with Gasteiger partial charge in [-0.2, -0.15) is 0 Å². The van der Waals surface area contributed by atoms with Gasteiger partial charge in [-0.15, -0.1) is 0 Å². The molecule has 5 heteroatoms. The molecule has 1 saturated heterocycles. The average molecular weight is 341 g/mol. The normalized spacial score (nSPS) is 25.5. The molecule has 3 aliphatic rings. The fourth-order valence-electron chi connectivity index (χ4n) is 4.02. The van der Waals surface area contributed by atoms with E-state index in [0.29, 0.717) is 19.1 Å². The number of hydrogen-bond acceptors (Lipinski definition) is 5. The second-order valence-corrected chi connectivity index (χ2v) is 6.63. The molecule has 0 radical (unpaired) electrons. The molecule has 4 rings (SSSR count). The van der Waals surface area contributed by atoms with E-state index in [-0.39, 0.29) is 12.6 Å². The van der Waals surface area contributed by atoms with Crippen LogP contribution in [0.2, 0.25) is 0 Å². The van der Waals surface area contributed by atoms with Gasteiger partial charge in [-0.25, -0.2) is 0 Å². The first-order valence-electron chi connectivity index (χ1n) is 8.59. The van der Waals surface area contributed by atoms with Gasteiger partial charge < -0.3 is 19.3 Å². The first kappa shape index (κ1) is 16.2. The van der Waals surface area contributed by atoms with Crippen molar-refractivity contribution in [2.24, 2.45) is 0 Å². The standard InChI is InChI=1S/C20H23NO4/c1-3-4-13-7-17-15-9-20-19(24-12-25-20)8-14(15)5-6-21(17)10-16(13)18(22)11-23-2/h3-4,8-9,17,22H,1,5-7,10-12H2,2H3/b13-4-,18-16+. The molecule has 132 valence electrons. The van der Waals surface area contributed by atoms with Crippen molar-refractivity contribution in [3.63, 3.8) is 0 Å². The maximum absolute atomic E-state index is 10.4. The third-order valence-electron chi connectivity index (χ3n) is 5.21. The molecule has 1 fully saturated rings. The Morgan fingerprint density at radius 3 is 2.96 bits per heavy atom. The summed E-state index contributed by atoms with van der Waals surface area (Å²) in [5, 5.41) is 10.4. The van der Waals surface area contributed by atoms with Gasteiger partial charge in [0, 0.05) is 31.8 Å². The number of aliphatic hydroxyl groups is 1. The van der Waals surface area contributed by atoms with Gasteiger partial charge in [0.15, 0.2) is 11.5 Å². The molecule has 1 aromatic rings. The Labute approximate surface area is 147 Å². The SMILES string of the molecule is C=C/C=C1/CC2c3cc4c(cc3CCN2C/C1=C(\O)COC)OCO4. The summed E-state index contributed by atoms with van der Waals surface area (Å²) in [6, 6.07) is 4.53. The molecule has 0 aliphatic carbocycles. The van der Waals surface area contributed by atoms with Gasteiger partial charge in [0.05, 0.1) is 0 Å². The Hall–Kier alpha value is -2.24. The van der Waals surface area contributed by atoms with Crippen molar-refractivity contribution < 1.29 is 19.3 Å². The number of allylic oxidation sites excluding steroid dienone is 2. The molecule has 0 amide bonds. The van der Waals surface area contributed by atoms with Crippen LogP contribution in [-0.4, -0.2) is 43.6 Å². The number of aliphatic hydroxyl groups excluding tert-OH is 1. The molecule has 1 N–H and O–H groups in total. The first-order chi connectivity index (χ1) is 12.2. The zero-order chi connectivity index (χ0) is 17.4. The van der Waals surface area contributed by atoms with Crippen LogP contribution < -0.4 is 9.47 Å². The molecule has 1 atom stereocenters. The molecule has 0 spiro atoms. The number of nitrogens with zero attached hydrogens (tertiary/aromatic N) is 1. The highest BCUT2D eigenvalue weighted by atomic mass is 16.7. The van der Waals surface area contributed by atoms with E-state index in [4.69, 9.17) is 14.2 Å². The van der Waals surface area contributed by atoms with Gasteiger partial charge in [0.1, 0.15) is 12.4 Å². The van der Waals surface area contributed by atoms with Gasteiger partial charge in [0.2, 0.25) is 6.79 Å². The Morgan fingerprint density at radius 2 is 2.20 bits per heavy atom. The lowest BCUT2D eigenvalue weighted by atomic mass is 9.82. The largest absolute Gasteiger partial charge is 0.510 e. The van der Waals surface area contributed by atoms with E-state index in [9.17, 15) is 5.11 Å². The number of rotatable bonds is 3. The Balaban J connectivity index is 1.71. The summed E-state index contributed by atoms with van der Waals surface area (Å²) in [6.07, 6.45) is 5.59. The first-order valence-corrected chi connectivity index (χ1v) is 8.59. The second kappa shape index (κ2) is 6.58. The van der Waals surface area contributed by atoms with Gasteiger partial charge in [-0.1, -0.05) is 18.7 Å². The van der Waals surface area contributed by atoms with E-state index in [1.807, 2.05) is 6.08 Å². The third-order valence-corrected chi connectivity index (χ3v) is 5.21. The van der Waals surface area contributed by atoms with Crippen molar-refractivity contribution in [1.29, 1.82) is 0 Å². The van der Waals surface area contributed by atoms with E-state index >= 15 is 0 Å². The number of methoxy groups -OCH3 is 1. The number of fused-ring (bicyclic) bond motifs is 4. The van der Waals surface area contributed by atoms with E-state index in [2.05, 4.69) is 23.6 Å². The Bertz CT molecular complexity index is 765. The lowest BCUT2D eigenvalue weighted by molar-refractivity contribution is 0.162. The van der Waals surface area contributed by atoms with Crippen LogP contribution in [-0.2, 0) is 11.2 Å². The minimum atomic E-state index is 0.234. The lowest BCUT2D eigenvalue weighted by Crippen LogP contribution is -2.41. The van der Waals surface area contributed by atoms with Crippen LogP contribution in [0.15, 0.2) is 47.8 Å². The van der Waals surface area contributed by atoms with Crippen molar-refractivity contribution in [3.05, 3.63) is 58.9 Å². The molecule has 0 bridgehead atoms. The maximum Gasteiger partial charge on any atom is 0.231 e. The van der Waals surface area contributed by atoms with Crippen LogP contribution in [0.5, 0.6) is 11.5 Å². The molecule has 0 saturated carbocycles. The summed E-state index contributed by atoms with van der Waals surface area (Å²) in [5.41, 5.74) is 4.71. The number of ether oxygens (including phenoxy) is 3. The van der Waals surface area contributed by atoms with Crippen molar-refractivity contribution in [2.45, 2.75) is 18.9 Å². The van der Waals surface area contributed by atoms with Crippen LogP contribution in [0.1, 0.15) is 23.6 Å². The van der Waals surface area contributed by atoms with E-state index in [1.54, 1.807) is 13.2 Å². The highest BCUT2D eigenvalue weighted by Crippen LogP contribution is 2.45. The maximum atomic E-state index is 10.4. The highest BCUT2D eigenvalue weighted by molar-refractivity contribution is 5.52. The number of piperidine rings is 1. The minimum absolute atomic E-state index is 0.234. The predicted octanol–water partition coefficient (Wildman–Crippen LogP) is 3.29. The van der Waals surface area contributed by atoms with Crippen LogP contribution >= 0.6 is 0 Å². The van der Waals surface area contributed by atoms with Crippen LogP contribution in [0.3, 0.4) is 0 Å². The van der Waals surface area contributed by atoms with Gasteiger partial charge in [-0.3, -0.25) is 4.90 Å².